The third-order valence-corrected chi connectivity index (χ3v) is 3.81. The van der Waals surface area contributed by atoms with Crippen LogP contribution in [0.4, 0.5) is 0 Å². The van der Waals surface area contributed by atoms with Gasteiger partial charge in [-0.25, -0.2) is 0 Å². The summed E-state index contributed by atoms with van der Waals surface area (Å²) in [5.41, 5.74) is 7.79. The van der Waals surface area contributed by atoms with Crippen molar-refractivity contribution in [2.75, 3.05) is 6.54 Å². The van der Waals surface area contributed by atoms with Crippen LogP contribution in [0.1, 0.15) is 31.5 Å². The summed E-state index contributed by atoms with van der Waals surface area (Å²) in [4.78, 5) is 4.18. The van der Waals surface area contributed by atoms with Crippen LogP contribution in [0.5, 0.6) is 11.5 Å². The van der Waals surface area contributed by atoms with E-state index in [1.807, 2.05) is 18.2 Å². The van der Waals surface area contributed by atoms with Crippen LogP contribution in [-0.2, 0) is 6.54 Å². The molecule has 0 amide bonds. The van der Waals surface area contributed by atoms with Crippen molar-refractivity contribution in [2.45, 2.75) is 26.8 Å². The molecule has 1 heterocycles. The molecule has 3 N–H and O–H groups in total. The lowest BCUT2D eigenvalue weighted by molar-refractivity contribution is 0.480. The van der Waals surface area contributed by atoms with E-state index >= 15 is 0 Å². The SMILES string of the molecule is C=C(N)c1ccc(Oc2ccc(CNCCC(C)C)cc2Cl)cn1. The number of nitrogens with two attached hydrogens (primary N) is 1. The molecular formula is C19H24ClN3O. The van der Waals surface area contributed by atoms with E-state index in [4.69, 9.17) is 22.1 Å². The van der Waals surface area contributed by atoms with Gasteiger partial charge in [0.25, 0.3) is 0 Å². The minimum absolute atomic E-state index is 0.425. The van der Waals surface area contributed by atoms with Crippen molar-refractivity contribution >= 4 is 17.3 Å². The van der Waals surface area contributed by atoms with Gasteiger partial charge in [0, 0.05) is 6.54 Å². The van der Waals surface area contributed by atoms with Crippen LogP contribution in [0.2, 0.25) is 5.02 Å². The second-order valence-corrected chi connectivity index (χ2v) is 6.54. The normalized spacial score (nSPS) is 10.8. The van der Waals surface area contributed by atoms with Crippen LogP contribution in [0, 0.1) is 5.92 Å². The average molecular weight is 346 g/mol. The fourth-order valence-corrected chi connectivity index (χ4v) is 2.36. The zero-order chi connectivity index (χ0) is 17.5. The van der Waals surface area contributed by atoms with Gasteiger partial charge >= 0.3 is 0 Å². The van der Waals surface area contributed by atoms with E-state index < -0.39 is 0 Å². The largest absolute Gasteiger partial charge is 0.454 e. The average Bonchev–Trinajstić information content (AvgIpc) is 2.54. The first kappa shape index (κ1) is 18.3. The smallest absolute Gasteiger partial charge is 0.146 e. The molecule has 0 fully saturated rings. The maximum absolute atomic E-state index is 6.32. The molecule has 0 saturated heterocycles. The maximum atomic E-state index is 6.32. The summed E-state index contributed by atoms with van der Waals surface area (Å²) in [6.07, 6.45) is 2.76. The minimum Gasteiger partial charge on any atom is -0.454 e. The van der Waals surface area contributed by atoms with Crippen molar-refractivity contribution in [3.63, 3.8) is 0 Å². The number of nitrogens with one attached hydrogen (secondary N) is 1. The number of nitrogens with zero attached hydrogens (tertiary/aromatic N) is 1. The molecule has 0 bridgehead atoms. The molecule has 0 aliphatic rings. The van der Waals surface area contributed by atoms with Gasteiger partial charge in [0.15, 0.2) is 0 Å². The van der Waals surface area contributed by atoms with Gasteiger partial charge in [-0.3, -0.25) is 4.98 Å². The summed E-state index contributed by atoms with van der Waals surface area (Å²) in [5.74, 6) is 1.90. The molecule has 1 aromatic heterocycles. The highest BCUT2D eigenvalue weighted by Gasteiger charge is 2.06. The minimum atomic E-state index is 0.425. The molecule has 0 saturated carbocycles. The molecule has 2 rings (SSSR count). The standard InChI is InChI=1S/C19H24ClN3O/c1-13(2)8-9-22-11-15-4-7-19(17(20)10-15)24-16-5-6-18(14(3)21)23-12-16/h4-7,10,12-13,22H,3,8-9,11,21H2,1-2H3. The number of pyridine rings is 1. The summed E-state index contributed by atoms with van der Waals surface area (Å²) in [6.45, 7) is 9.88. The van der Waals surface area contributed by atoms with Gasteiger partial charge < -0.3 is 15.8 Å². The van der Waals surface area contributed by atoms with E-state index in [-0.39, 0.29) is 0 Å². The zero-order valence-electron chi connectivity index (χ0n) is 14.2. The summed E-state index contributed by atoms with van der Waals surface area (Å²) in [6, 6.07) is 9.35. The van der Waals surface area contributed by atoms with Crippen LogP contribution in [0.25, 0.3) is 5.70 Å². The van der Waals surface area contributed by atoms with E-state index in [9.17, 15) is 0 Å². The van der Waals surface area contributed by atoms with E-state index in [1.54, 1.807) is 18.3 Å². The molecule has 0 aliphatic heterocycles. The third-order valence-electron chi connectivity index (χ3n) is 3.52. The molecule has 1 aromatic carbocycles. The van der Waals surface area contributed by atoms with E-state index in [2.05, 4.69) is 30.7 Å². The Hall–Kier alpha value is -2.04. The first-order valence-electron chi connectivity index (χ1n) is 8.03. The van der Waals surface area contributed by atoms with Gasteiger partial charge in [0.1, 0.15) is 11.5 Å². The second-order valence-electron chi connectivity index (χ2n) is 6.13. The quantitative estimate of drug-likeness (QED) is 0.687. The lowest BCUT2D eigenvalue weighted by Crippen LogP contribution is -2.16. The van der Waals surface area contributed by atoms with Crippen molar-refractivity contribution in [3.8, 4) is 11.5 Å². The monoisotopic (exact) mass is 345 g/mol. The zero-order valence-corrected chi connectivity index (χ0v) is 14.9. The van der Waals surface area contributed by atoms with Crippen LogP contribution >= 0.6 is 11.6 Å². The summed E-state index contributed by atoms with van der Waals surface area (Å²) in [5, 5.41) is 3.99. The molecule has 0 unspecified atom stereocenters. The molecule has 24 heavy (non-hydrogen) atoms. The molecule has 0 atom stereocenters. The molecule has 4 nitrogen and oxygen atoms in total. The van der Waals surface area contributed by atoms with Crippen LogP contribution in [0.3, 0.4) is 0 Å². The number of hydrogen-bond acceptors (Lipinski definition) is 4. The van der Waals surface area contributed by atoms with E-state index in [0.29, 0.717) is 33.8 Å². The van der Waals surface area contributed by atoms with Crippen LogP contribution in [-0.4, -0.2) is 11.5 Å². The Balaban J connectivity index is 1.95. The fourth-order valence-electron chi connectivity index (χ4n) is 2.12. The van der Waals surface area contributed by atoms with E-state index in [1.165, 1.54) is 0 Å². The highest BCUT2D eigenvalue weighted by Crippen LogP contribution is 2.30. The molecule has 2 aromatic rings. The lowest BCUT2D eigenvalue weighted by Gasteiger charge is -2.11. The summed E-state index contributed by atoms with van der Waals surface area (Å²) in [7, 11) is 0. The topological polar surface area (TPSA) is 60.2 Å². The highest BCUT2D eigenvalue weighted by molar-refractivity contribution is 6.32. The molecule has 128 valence electrons. The third kappa shape index (κ3) is 5.55. The molecular weight excluding hydrogens is 322 g/mol. The van der Waals surface area contributed by atoms with Gasteiger partial charge in [-0.15, -0.1) is 0 Å². The molecule has 5 heteroatoms. The number of benzene rings is 1. The Kier molecular flexibility index (Phi) is 6.64. The highest BCUT2D eigenvalue weighted by atomic mass is 35.5. The molecule has 0 aliphatic carbocycles. The predicted octanol–water partition coefficient (Wildman–Crippen LogP) is 4.59. The van der Waals surface area contributed by atoms with Gasteiger partial charge in [0.2, 0.25) is 0 Å². The van der Waals surface area contributed by atoms with Gasteiger partial charge in [-0.05, 0) is 48.7 Å². The summed E-state index contributed by atoms with van der Waals surface area (Å²) >= 11 is 6.32. The van der Waals surface area contributed by atoms with Crippen molar-refractivity contribution < 1.29 is 4.74 Å². The Labute approximate surface area is 148 Å². The second kappa shape index (κ2) is 8.71. The summed E-state index contributed by atoms with van der Waals surface area (Å²) < 4.78 is 5.77. The van der Waals surface area contributed by atoms with Gasteiger partial charge in [0.05, 0.1) is 22.6 Å². The van der Waals surface area contributed by atoms with Crippen molar-refractivity contribution in [1.82, 2.24) is 10.3 Å². The molecule has 0 radical (unpaired) electrons. The van der Waals surface area contributed by atoms with E-state index in [0.717, 1.165) is 25.1 Å². The van der Waals surface area contributed by atoms with Crippen molar-refractivity contribution in [3.05, 3.63) is 59.4 Å². The number of ether oxygens (including phenoxy) is 1. The first-order chi connectivity index (χ1) is 11.5. The number of aromatic nitrogens is 1. The Bertz CT molecular complexity index is 684. The number of rotatable bonds is 8. The number of hydrogen-bond donors (Lipinski definition) is 2. The van der Waals surface area contributed by atoms with Gasteiger partial charge in [-0.2, -0.15) is 0 Å². The lowest BCUT2D eigenvalue weighted by atomic mass is 10.1. The Morgan fingerprint density at radius 3 is 2.71 bits per heavy atom. The van der Waals surface area contributed by atoms with Crippen molar-refractivity contribution in [1.29, 1.82) is 0 Å². The Morgan fingerprint density at radius 2 is 2.12 bits per heavy atom. The Morgan fingerprint density at radius 1 is 1.33 bits per heavy atom. The van der Waals surface area contributed by atoms with Crippen LogP contribution < -0.4 is 15.8 Å². The number of halogens is 1. The molecule has 0 spiro atoms. The fraction of sp³-hybridized carbons (Fsp3) is 0.316. The predicted molar refractivity (Wildman–Crippen MR) is 100 cm³/mol. The first-order valence-corrected chi connectivity index (χ1v) is 8.41. The van der Waals surface area contributed by atoms with Crippen LogP contribution in [0.15, 0.2) is 43.1 Å². The van der Waals surface area contributed by atoms with Gasteiger partial charge in [-0.1, -0.05) is 38.1 Å². The van der Waals surface area contributed by atoms with Crippen molar-refractivity contribution in [2.24, 2.45) is 11.7 Å². The maximum Gasteiger partial charge on any atom is 0.146 e.